The molecule has 1 atom stereocenters. The van der Waals surface area contributed by atoms with Crippen LogP contribution in [0.1, 0.15) is 18.6 Å². The highest BCUT2D eigenvalue weighted by Gasteiger charge is 2.11. The second-order valence-corrected chi connectivity index (χ2v) is 4.22. The largest absolute Gasteiger partial charge is 0.454 e. The minimum absolute atomic E-state index is 0.0603. The van der Waals surface area contributed by atoms with Gasteiger partial charge in [0.15, 0.2) is 11.6 Å². The topological polar surface area (TPSA) is 72.6 Å². The van der Waals surface area contributed by atoms with Crippen LogP contribution < -0.4 is 4.74 Å². The van der Waals surface area contributed by atoms with Gasteiger partial charge >= 0.3 is 0 Å². The highest BCUT2D eigenvalue weighted by atomic mass is 19.1. The van der Waals surface area contributed by atoms with Crippen LogP contribution in [-0.2, 0) is 0 Å². The number of halogens is 1. The Morgan fingerprint density at radius 2 is 2.05 bits per heavy atom. The predicted octanol–water partition coefficient (Wildman–Crippen LogP) is 3.58. The third kappa shape index (κ3) is 3.10. The van der Waals surface area contributed by atoms with Crippen molar-refractivity contribution in [3.05, 3.63) is 64.0 Å². The molecule has 0 saturated carbocycles. The third-order valence-electron chi connectivity index (χ3n) is 2.69. The SMILES string of the molecule is CC(O)c1ccc(Oc2cccc([N+](=O)[O-])c2)c(F)c1. The monoisotopic (exact) mass is 277 g/mol. The Hall–Kier alpha value is -2.47. The average molecular weight is 277 g/mol. The first-order chi connectivity index (χ1) is 9.47. The highest BCUT2D eigenvalue weighted by Crippen LogP contribution is 2.28. The number of aliphatic hydroxyl groups is 1. The molecule has 104 valence electrons. The van der Waals surface area contributed by atoms with E-state index in [0.29, 0.717) is 5.56 Å². The van der Waals surface area contributed by atoms with Gasteiger partial charge in [-0.3, -0.25) is 10.1 Å². The highest BCUT2D eigenvalue weighted by molar-refractivity contribution is 5.41. The summed E-state index contributed by atoms with van der Waals surface area (Å²) in [6.45, 7) is 1.52. The van der Waals surface area contributed by atoms with E-state index in [0.717, 1.165) is 6.07 Å². The molecule has 1 N–H and O–H groups in total. The third-order valence-corrected chi connectivity index (χ3v) is 2.69. The fourth-order valence-corrected chi connectivity index (χ4v) is 1.65. The van der Waals surface area contributed by atoms with Gasteiger partial charge in [-0.1, -0.05) is 12.1 Å². The van der Waals surface area contributed by atoms with Crippen LogP contribution in [0.25, 0.3) is 0 Å². The van der Waals surface area contributed by atoms with Gasteiger partial charge in [0.25, 0.3) is 5.69 Å². The van der Waals surface area contributed by atoms with Crippen molar-refractivity contribution in [1.82, 2.24) is 0 Å². The van der Waals surface area contributed by atoms with Gasteiger partial charge in [0.1, 0.15) is 5.75 Å². The number of nitro benzene ring substituents is 1. The quantitative estimate of drug-likeness (QED) is 0.684. The predicted molar refractivity (Wildman–Crippen MR) is 70.2 cm³/mol. The molecule has 5 nitrogen and oxygen atoms in total. The maximum absolute atomic E-state index is 13.8. The van der Waals surface area contributed by atoms with Crippen molar-refractivity contribution in [2.24, 2.45) is 0 Å². The van der Waals surface area contributed by atoms with Gasteiger partial charge in [-0.15, -0.1) is 0 Å². The molecule has 0 spiro atoms. The van der Waals surface area contributed by atoms with Gasteiger partial charge in [-0.25, -0.2) is 4.39 Å². The molecule has 0 aromatic heterocycles. The van der Waals surface area contributed by atoms with E-state index in [2.05, 4.69) is 0 Å². The molecule has 2 aromatic carbocycles. The fraction of sp³-hybridized carbons (Fsp3) is 0.143. The smallest absolute Gasteiger partial charge is 0.273 e. The van der Waals surface area contributed by atoms with E-state index in [1.165, 1.54) is 43.3 Å². The van der Waals surface area contributed by atoms with Crippen molar-refractivity contribution in [1.29, 1.82) is 0 Å². The maximum atomic E-state index is 13.8. The lowest BCUT2D eigenvalue weighted by Gasteiger charge is -2.09. The summed E-state index contributed by atoms with van der Waals surface area (Å²) in [5.74, 6) is -0.535. The van der Waals surface area contributed by atoms with E-state index >= 15 is 0 Å². The minimum atomic E-state index is -0.781. The average Bonchev–Trinajstić information content (AvgIpc) is 2.41. The first-order valence-corrected chi connectivity index (χ1v) is 5.87. The van der Waals surface area contributed by atoms with Crippen LogP contribution in [0.2, 0.25) is 0 Å². The molecule has 0 amide bonds. The number of nitrogens with zero attached hydrogens (tertiary/aromatic N) is 1. The Kier molecular flexibility index (Phi) is 3.95. The molecule has 6 heteroatoms. The number of aliphatic hydroxyl groups excluding tert-OH is 1. The first-order valence-electron chi connectivity index (χ1n) is 5.87. The molecule has 20 heavy (non-hydrogen) atoms. The summed E-state index contributed by atoms with van der Waals surface area (Å²) < 4.78 is 19.1. The Balaban J connectivity index is 2.26. The molecule has 0 bridgehead atoms. The molecule has 0 heterocycles. The number of benzene rings is 2. The molecule has 2 rings (SSSR count). The molecule has 0 aliphatic carbocycles. The number of hydrogen-bond acceptors (Lipinski definition) is 4. The Morgan fingerprint density at radius 1 is 1.30 bits per heavy atom. The van der Waals surface area contributed by atoms with Crippen molar-refractivity contribution >= 4 is 5.69 Å². The molecule has 0 fully saturated rings. The van der Waals surface area contributed by atoms with Gasteiger partial charge in [0.2, 0.25) is 0 Å². The summed E-state index contributed by atoms with van der Waals surface area (Å²) in [7, 11) is 0. The Bertz CT molecular complexity index is 643. The lowest BCUT2D eigenvalue weighted by atomic mass is 10.1. The molecule has 1 unspecified atom stereocenters. The summed E-state index contributed by atoms with van der Waals surface area (Å²) >= 11 is 0. The van der Waals surface area contributed by atoms with E-state index in [4.69, 9.17) is 4.74 Å². The van der Waals surface area contributed by atoms with Gasteiger partial charge < -0.3 is 9.84 Å². The van der Waals surface area contributed by atoms with Crippen LogP contribution in [0, 0.1) is 15.9 Å². The molecular formula is C14H12FNO4. The number of ether oxygens (including phenoxy) is 1. The second kappa shape index (κ2) is 5.66. The van der Waals surface area contributed by atoms with Crippen LogP contribution >= 0.6 is 0 Å². The Labute approximate surface area is 114 Å². The summed E-state index contributed by atoms with van der Waals surface area (Å²) in [5, 5.41) is 20.0. The number of non-ortho nitro benzene ring substituents is 1. The normalized spacial score (nSPS) is 11.9. The van der Waals surface area contributed by atoms with Gasteiger partial charge in [0, 0.05) is 6.07 Å². The zero-order chi connectivity index (χ0) is 14.7. The fourth-order valence-electron chi connectivity index (χ4n) is 1.65. The van der Waals surface area contributed by atoms with Gasteiger partial charge in [0.05, 0.1) is 17.1 Å². The molecule has 0 radical (unpaired) electrons. The number of rotatable bonds is 4. The van der Waals surface area contributed by atoms with Crippen molar-refractivity contribution < 1.29 is 19.2 Å². The van der Waals surface area contributed by atoms with E-state index in [1.807, 2.05) is 0 Å². The molecule has 2 aromatic rings. The molecular weight excluding hydrogens is 265 g/mol. The van der Waals surface area contributed by atoms with Crippen LogP contribution in [0.4, 0.5) is 10.1 Å². The molecule has 0 aliphatic rings. The maximum Gasteiger partial charge on any atom is 0.273 e. The van der Waals surface area contributed by atoms with Crippen molar-refractivity contribution in [3.63, 3.8) is 0 Å². The second-order valence-electron chi connectivity index (χ2n) is 4.22. The number of nitro groups is 1. The lowest BCUT2D eigenvalue weighted by Crippen LogP contribution is -1.95. The minimum Gasteiger partial charge on any atom is -0.454 e. The summed E-state index contributed by atoms with van der Waals surface area (Å²) in [4.78, 5) is 10.1. The standard InChI is InChI=1S/C14H12FNO4/c1-9(17)10-5-6-14(13(15)7-10)20-12-4-2-3-11(8-12)16(18)19/h2-9,17H,1H3. The molecule has 0 saturated heterocycles. The summed E-state index contributed by atoms with van der Waals surface area (Å²) in [6.07, 6.45) is -0.781. The van der Waals surface area contributed by atoms with Crippen molar-refractivity contribution in [2.75, 3.05) is 0 Å². The zero-order valence-electron chi connectivity index (χ0n) is 10.6. The summed E-state index contributed by atoms with van der Waals surface area (Å²) in [5.41, 5.74) is 0.289. The first kappa shape index (κ1) is 14.0. The van der Waals surface area contributed by atoms with E-state index in [-0.39, 0.29) is 17.2 Å². The Morgan fingerprint density at radius 3 is 2.65 bits per heavy atom. The van der Waals surface area contributed by atoms with E-state index in [1.54, 1.807) is 0 Å². The van der Waals surface area contributed by atoms with Crippen molar-refractivity contribution in [2.45, 2.75) is 13.0 Å². The lowest BCUT2D eigenvalue weighted by molar-refractivity contribution is -0.384. The van der Waals surface area contributed by atoms with Crippen LogP contribution in [0.3, 0.4) is 0 Å². The van der Waals surface area contributed by atoms with E-state index in [9.17, 15) is 19.6 Å². The zero-order valence-corrected chi connectivity index (χ0v) is 10.6. The van der Waals surface area contributed by atoms with Gasteiger partial charge in [-0.05, 0) is 30.7 Å². The summed E-state index contributed by atoms with van der Waals surface area (Å²) in [6, 6.07) is 9.54. The van der Waals surface area contributed by atoms with Gasteiger partial charge in [-0.2, -0.15) is 0 Å². The van der Waals surface area contributed by atoms with Crippen LogP contribution in [0.15, 0.2) is 42.5 Å². The number of hydrogen-bond donors (Lipinski definition) is 1. The molecule has 0 aliphatic heterocycles. The van der Waals surface area contributed by atoms with E-state index < -0.39 is 16.8 Å². The van der Waals surface area contributed by atoms with Crippen molar-refractivity contribution in [3.8, 4) is 11.5 Å². The van der Waals surface area contributed by atoms with Crippen LogP contribution in [0.5, 0.6) is 11.5 Å². The van der Waals surface area contributed by atoms with Crippen LogP contribution in [-0.4, -0.2) is 10.0 Å².